The molecule has 0 aliphatic rings. The second kappa shape index (κ2) is 8.04. The van der Waals surface area contributed by atoms with Crippen LogP contribution in [0.5, 0.6) is 5.75 Å². The Morgan fingerprint density at radius 1 is 1.42 bits per heavy atom. The number of hydrogen-bond acceptors (Lipinski definition) is 2. The fourth-order valence-electron chi connectivity index (χ4n) is 1.63. The maximum absolute atomic E-state index is 5.34. The summed E-state index contributed by atoms with van der Waals surface area (Å²) < 4.78 is 6.37. The average molecular weight is 328 g/mol. The van der Waals surface area contributed by atoms with Crippen LogP contribution in [-0.2, 0) is 6.54 Å². The Hall–Kier alpha value is -1.23. The van der Waals surface area contributed by atoms with Gasteiger partial charge in [0.2, 0.25) is 0 Å². The number of guanidine groups is 1. The van der Waals surface area contributed by atoms with E-state index in [0.29, 0.717) is 12.6 Å². The van der Waals surface area contributed by atoms with Crippen molar-refractivity contribution >= 4 is 21.9 Å². The molecule has 0 unspecified atom stereocenters. The van der Waals surface area contributed by atoms with Gasteiger partial charge < -0.3 is 15.4 Å². The van der Waals surface area contributed by atoms with Crippen LogP contribution < -0.4 is 15.4 Å². The summed E-state index contributed by atoms with van der Waals surface area (Å²) in [5, 5.41) is 6.51. The van der Waals surface area contributed by atoms with Gasteiger partial charge in [0.05, 0.1) is 13.7 Å². The first kappa shape index (κ1) is 15.8. The Kier molecular flexibility index (Phi) is 6.70. The molecule has 1 aromatic carbocycles. The number of rotatable bonds is 5. The van der Waals surface area contributed by atoms with Gasteiger partial charge in [0.15, 0.2) is 5.96 Å². The van der Waals surface area contributed by atoms with E-state index in [4.69, 9.17) is 4.74 Å². The maximum atomic E-state index is 5.34. The SMILES string of the molecule is CCNC(=NCc1cc(Br)ccc1OC)NC(C)C. The van der Waals surface area contributed by atoms with Crippen LogP contribution in [0.15, 0.2) is 27.7 Å². The summed E-state index contributed by atoms with van der Waals surface area (Å²) >= 11 is 3.47. The van der Waals surface area contributed by atoms with E-state index in [1.54, 1.807) is 7.11 Å². The lowest BCUT2D eigenvalue weighted by atomic mass is 10.2. The highest BCUT2D eigenvalue weighted by Gasteiger charge is 2.04. The van der Waals surface area contributed by atoms with Gasteiger partial charge in [0, 0.05) is 22.6 Å². The maximum Gasteiger partial charge on any atom is 0.191 e. The molecule has 0 saturated carbocycles. The first-order valence-electron chi connectivity index (χ1n) is 6.44. The zero-order valence-corrected chi connectivity index (χ0v) is 13.5. The molecule has 19 heavy (non-hydrogen) atoms. The van der Waals surface area contributed by atoms with Crippen LogP contribution in [0.2, 0.25) is 0 Å². The van der Waals surface area contributed by atoms with Crippen LogP contribution >= 0.6 is 15.9 Å². The minimum Gasteiger partial charge on any atom is -0.496 e. The molecule has 0 bridgehead atoms. The van der Waals surface area contributed by atoms with Crippen LogP contribution in [-0.4, -0.2) is 25.7 Å². The van der Waals surface area contributed by atoms with Crippen LogP contribution in [0.25, 0.3) is 0 Å². The quantitative estimate of drug-likeness (QED) is 0.645. The molecule has 106 valence electrons. The van der Waals surface area contributed by atoms with E-state index in [1.807, 2.05) is 18.2 Å². The molecule has 0 amide bonds. The highest BCUT2D eigenvalue weighted by Crippen LogP contribution is 2.23. The van der Waals surface area contributed by atoms with Gasteiger partial charge in [-0.3, -0.25) is 0 Å². The molecule has 0 heterocycles. The van der Waals surface area contributed by atoms with Gasteiger partial charge in [-0.25, -0.2) is 4.99 Å². The number of benzene rings is 1. The van der Waals surface area contributed by atoms with Gasteiger partial charge in [0.1, 0.15) is 5.75 Å². The predicted molar refractivity (Wildman–Crippen MR) is 83.8 cm³/mol. The van der Waals surface area contributed by atoms with Crippen molar-refractivity contribution < 1.29 is 4.74 Å². The van der Waals surface area contributed by atoms with Crippen LogP contribution in [0, 0.1) is 0 Å². The summed E-state index contributed by atoms with van der Waals surface area (Å²) in [5.74, 6) is 1.67. The number of hydrogen-bond donors (Lipinski definition) is 2. The van der Waals surface area contributed by atoms with Crippen molar-refractivity contribution in [2.45, 2.75) is 33.4 Å². The van der Waals surface area contributed by atoms with Crippen molar-refractivity contribution in [3.05, 3.63) is 28.2 Å². The van der Waals surface area contributed by atoms with Gasteiger partial charge in [-0.15, -0.1) is 0 Å². The summed E-state index contributed by atoms with van der Waals surface area (Å²) in [4.78, 5) is 4.57. The van der Waals surface area contributed by atoms with E-state index < -0.39 is 0 Å². The Labute approximate surface area is 123 Å². The van der Waals surface area contributed by atoms with E-state index in [-0.39, 0.29) is 0 Å². The lowest BCUT2D eigenvalue weighted by Crippen LogP contribution is -2.41. The lowest BCUT2D eigenvalue weighted by molar-refractivity contribution is 0.409. The fraction of sp³-hybridized carbons (Fsp3) is 0.500. The Balaban J connectivity index is 2.84. The van der Waals surface area contributed by atoms with Gasteiger partial charge in [0.25, 0.3) is 0 Å². The number of nitrogens with one attached hydrogen (secondary N) is 2. The molecule has 0 fully saturated rings. The van der Waals surface area contributed by atoms with E-state index in [0.717, 1.165) is 28.3 Å². The normalized spacial score (nSPS) is 11.6. The van der Waals surface area contributed by atoms with Gasteiger partial charge in [-0.1, -0.05) is 15.9 Å². The Bertz CT molecular complexity index is 433. The molecular formula is C14H22BrN3O. The van der Waals surface area contributed by atoms with Crippen molar-refractivity contribution in [3.8, 4) is 5.75 Å². The number of halogens is 1. The Morgan fingerprint density at radius 2 is 2.16 bits per heavy atom. The third-order valence-corrected chi connectivity index (χ3v) is 2.91. The predicted octanol–water partition coefficient (Wildman–Crippen LogP) is 2.92. The summed E-state index contributed by atoms with van der Waals surface area (Å²) in [7, 11) is 1.67. The standard InChI is InChI=1S/C14H22BrN3O/c1-5-16-14(18-10(2)3)17-9-11-8-12(15)6-7-13(11)19-4/h6-8,10H,5,9H2,1-4H3,(H2,16,17,18). The number of aliphatic imine (C=N–C) groups is 1. The van der Waals surface area contributed by atoms with E-state index in [1.165, 1.54) is 0 Å². The molecule has 1 rings (SSSR count). The topological polar surface area (TPSA) is 45.7 Å². The zero-order valence-electron chi connectivity index (χ0n) is 12.0. The molecule has 0 spiro atoms. The van der Waals surface area contributed by atoms with Crippen molar-refractivity contribution in [1.82, 2.24) is 10.6 Å². The van der Waals surface area contributed by atoms with Gasteiger partial charge >= 0.3 is 0 Å². The second-order valence-electron chi connectivity index (χ2n) is 4.45. The minimum absolute atomic E-state index is 0.349. The third-order valence-electron chi connectivity index (χ3n) is 2.42. The summed E-state index contributed by atoms with van der Waals surface area (Å²) in [5.41, 5.74) is 1.05. The molecule has 4 nitrogen and oxygen atoms in total. The first-order chi connectivity index (χ1) is 9.06. The van der Waals surface area contributed by atoms with Gasteiger partial charge in [-0.05, 0) is 39.0 Å². The molecular weight excluding hydrogens is 306 g/mol. The molecule has 0 atom stereocenters. The smallest absolute Gasteiger partial charge is 0.191 e. The van der Waals surface area contributed by atoms with E-state index >= 15 is 0 Å². The monoisotopic (exact) mass is 327 g/mol. The number of methoxy groups -OCH3 is 1. The highest BCUT2D eigenvalue weighted by molar-refractivity contribution is 9.10. The molecule has 0 aliphatic carbocycles. The Morgan fingerprint density at radius 3 is 2.74 bits per heavy atom. The zero-order chi connectivity index (χ0) is 14.3. The number of nitrogens with zero attached hydrogens (tertiary/aromatic N) is 1. The van der Waals surface area contributed by atoms with Crippen LogP contribution in [0.1, 0.15) is 26.3 Å². The molecule has 5 heteroatoms. The van der Waals surface area contributed by atoms with Crippen LogP contribution in [0.4, 0.5) is 0 Å². The number of ether oxygens (including phenoxy) is 1. The van der Waals surface area contributed by atoms with Crippen LogP contribution in [0.3, 0.4) is 0 Å². The molecule has 2 N–H and O–H groups in total. The first-order valence-corrected chi connectivity index (χ1v) is 7.23. The third kappa shape index (κ3) is 5.51. The second-order valence-corrected chi connectivity index (χ2v) is 5.37. The van der Waals surface area contributed by atoms with E-state index in [2.05, 4.69) is 52.3 Å². The van der Waals surface area contributed by atoms with Crippen molar-refractivity contribution in [3.63, 3.8) is 0 Å². The molecule has 1 aromatic rings. The molecule has 0 saturated heterocycles. The minimum atomic E-state index is 0.349. The summed E-state index contributed by atoms with van der Waals surface area (Å²) in [6.07, 6.45) is 0. The van der Waals surface area contributed by atoms with Crippen molar-refractivity contribution in [2.24, 2.45) is 4.99 Å². The summed E-state index contributed by atoms with van der Waals surface area (Å²) in [6, 6.07) is 6.28. The lowest BCUT2D eigenvalue weighted by Gasteiger charge is -2.14. The average Bonchev–Trinajstić information content (AvgIpc) is 2.36. The summed E-state index contributed by atoms with van der Waals surface area (Å²) in [6.45, 7) is 7.65. The fourth-order valence-corrected chi connectivity index (χ4v) is 2.04. The molecule has 0 aliphatic heterocycles. The molecule has 0 radical (unpaired) electrons. The van der Waals surface area contributed by atoms with Gasteiger partial charge in [-0.2, -0.15) is 0 Å². The van der Waals surface area contributed by atoms with Crippen molar-refractivity contribution in [1.29, 1.82) is 0 Å². The van der Waals surface area contributed by atoms with E-state index in [9.17, 15) is 0 Å². The molecule has 0 aromatic heterocycles. The highest BCUT2D eigenvalue weighted by atomic mass is 79.9. The van der Waals surface area contributed by atoms with Crippen molar-refractivity contribution in [2.75, 3.05) is 13.7 Å². The largest absolute Gasteiger partial charge is 0.496 e.